The number of carbonyl (C=O) groups is 2. The van der Waals surface area contributed by atoms with Gasteiger partial charge in [0.25, 0.3) is 0 Å². The minimum atomic E-state index is -0.516. The first kappa shape index (κ1) is 19.4. The van der Waals surface area contributed by atoms with Crippen LogP contribution in [0.5, 0.6) is 11.5 Å². The molecule has 0 heterocycles. The summed E-state index contributed by atoms with van der Waals surface area (Å²) >= 11 is 5.83. The van der Waals surface area contributed by atoms with Crippen molar-refractivity contribution >= 4 is 29.4 Å². The summed E-state index contributed by atoms with van der Waals surface area (Å²) in [5.41, 5.74) is 1.73. The zero-order valence-corrected chi connectivity index (χ0v) is 15.8. The van der Waals surface area contributed by atoms with Crippen molar-refractivity contribution in [2.75, 3.05) is 7.11 Å². The van der Waals surface area contributed by atoms with Crippen LogP contribution in [0.3, 0.4) is 0 Å². The number of halogens is 1. The van der Waals surface area contributed by atoms with Crippen LogP contribution in [-0.4, -0.2) is 18.9 Å². The molecule has 5 heteroatoms. The van der Waals surface area contributed by atoms with Gasteiger partial charge in [-0.2, -0.15) is 0 Å². The van der Waals surface area contributed by atoms with Crippen LogP contribution in [0, 0.1) is 0 Å². The Kier molecular flexibility index (Phi) is 6.25. The van der Waals surface area contributed by atoms with Crippen LogP contribution in [0.15, 0.2) is 78.9 Å². The lowest BCUT2D eigenvalue weighted by Gasteiger charge is -2.10. The fraction of sp³-hybridized carbons (Fsp3) is 0.0435. The summed E-state index contributed by atoms with van der Waals surface area (Å²) in [5.74, 6) is 0.0564. The highest BCUT2D eigenvalue weighted by molar-refractivity contribution is 6.30. The predicted octanol–water partition coefficient (Wildman–Crippen LogP) is 5.46. The number of ketones is 1. The molecule has 0 unspecified atom stereocenters. The Labute approximate surface area is 168 Å². The molecule has 0 aliphatic carbocycles. The summed E-state index contributed by atoms with van der Waals surface area (Å²) in [6.07, 6.45) is 3.17. The van der Waals surface area contributed by atoms with E-state index in [4.69, 9.17) is 21.1 Å². The third kappa shape index (κ3) is 4.87. The van der Waals surface area contributed by atoms with Gasteiger partial charge in [-0.15, -0.1) is 0 Å². The molecule has 0 atom stereocenters. The molecule has 0 aliphatic heterocycles. The highest BCUT2D eigenvalue weighted by Crippen LogP contribution is 2.29. The first-order chi connectivity index (χ1) is 13.6. The zero-order chi connectivity index (χ0) is 19.9. The van der Waals surface area contributed by atoms with Crippen molar-refractivity contribution < 1.29 is 19.1 Å². The van der Waals surface area contributed by atoms with Gasteiger partial charge in [0.1, 0.15) is 0 Å². The molecule has 140 valence electrons. The molecule has 0 bridgehead atoms. The monoisotopic (exact) mass is 392 g/mol. The third-order valence-corrected chi connectivity index (χ3v) is 4.21. The van der Waals surface area contributed by atoms with Crippen molar-refractivity contribution in [2.24, 2.45) is 0 Å². The largest absolute Gasteiger partial charge is 0.493 e. The number of benzene rings is 3. The minimum absolute atomic E-state index is 0.0993. The van der Waals surface area contributed by atoms with E-state index in [-0.39, 0.29) is 11.5 Å². The Morgan fingerprint density at radius 2 is 1.57 bits per heavy atom. The molecule has 4 nitrogen and oxygen atoms in total. The molecular formula is C23H17ClO4. The van der Waals surface area contributed by atoms with E-state index < -0.39 is 5.97 Å². The van der Waals surface area contributed by atoms with Crippen LogP contribution < -0.4 is 9.47 Å². The number of hydrogen-bond acceptors (Lipinski definition) is 4. The predicted molar refractivity (Wildman–Crippen MR) is 109 cm³/mol. The van der Waals surface area contributed by atoms with Crippen LogP contribution in [0.1, 0.15) is 26.3 Å². The summed E-state index contributed by atoms with van der Waals surface area (Å²) in [5, 5.41) is 0.537. The summed E-state index contributed by atoms with van der Waals surface area (Å²) in [7, 11) is 1.48. The lowest BCUT2D eigenvalue weighted by molar-refractivity contribution is 0.0729. The Bertz CT molecular complexity index is 1010. The van der Waals surface area contributed by atoms with Crippen LogP contribution in [0.4, 0.5) is 0 Å². The molecule has 3 aromatic rings. The maximum Gasteiger partial charge on any atom is 0.343 e. The van der Waals surface area contributed by atoms with Crippen LogP contribution in [-0.2, 0) is 0 Å². The van der Waals surface area contributed by atoms with Gasteiger partial charge >= 0.3 is 5.97 Å². The van der Waals surface area contributed by atoms with E-state index in [9.17, 15) is 9.59 Å². The SMILES string of the molecule is COc1cc(/C=C/C(=O)c2ccccc2)ccc1OC(=O)c1ccc(Cl)cc1. The van der Waals surface area contributed by atoms with Gasteiger partial charge in [-0.3, -0.25) is 4.79 Å². The van der Waals surface area contributed by atoms with Crippen molar-refractivity contribution in [3.05, 3.63) is 101 Å². The van der Waals surface area contributed by atoms with E-state index in [2.05, 4.69) is 0 Å². The molecule has 3 rings (SSSR count). The summed E-state index contributed by atoms with van der Waals surface area (Å²) < 4.78 is 10.7. The fourth-order valence-electron chi connectivity index (χ4n) is 2.49. The second kappa shape index (κ2) is 9.02. The van der Waals surface area contributed by atoms with Gasteiger partial charge in [0, 0.05) is 10.6 Å². The molecule has 0 aliphatic rings. The van der Waals surface area contributed by atoms with Crippen molar-refractivity contribution in [3.8, 4) is 11.5 Å². The van der Waals surface area contributed by atoms with Gasteiger partial charge in [0.15, 0.2) is 17.3 Å². The van der Waals surface area contributed by atoms with E-state index in [0.29, 0.717) is 21.9 Å². The number of ether oxygens (including phenoxy) is 2. The standard InChI is InChI=1S/C23H17ClO4/c1-27-22-15-16(7-13-20(25)17-5-3-2-4-6-17)8-14-21(22)28-23(26)18-9-11-19(24)12-10-18/h2-15H,1H3/b13-7+. The van der Waals surface area contributed by atoms with Gasteiger partial charge in [0.2, 0.25) is 0 Å². The molecule has 0 saturated carbocycles. The maximum atomic E-state index is 12.3. The summed E-state index contributed by atoms with van der Waals surface area (Å²) in [6, 6.07) is 20.5. The fourth-order valence-corrected chi connectivity index (χ4v) is 2.61. The van der Waals surface area contributed by atoms with E-state index in [0.717, 1.165) is 5.56 Å². The van der Waals surface area contributed by atoms with Gasteiger partial charge in [0.05, 0.1) is 12.7 Å². The molecule has 0 amide bonds. The van der Waals surface area contributed by atoms with E-state index in [1.165, 1.54) is 13.2 Å². The average molecular weight is 393 g/mol. The number of carbonyl (C=O) groups excluding carboxylic acids is 2. The van der Waals surface area contributed by atoms with E-state index in [1.807, 2.05) is 18.2 Å². The van der Waals surface area contributed by atoms with Gasteiger partial charge in [-0.25, -0.2) is 4.79 Å². The number of hydrogen-bond donors (Lipinski definition) is 0. The highest BCUT2D eigenvalue weighted by Gasteiger charge is 2.13. The first-order valence-electron chi connectivity index (χ1n) is 8.50. The van der Waals surface area contributed by atoms with Crippen LogP contribution in [0.2, 0.25) is 5.02 Å². The van der Waals surface area contributed by atoms with Gasteiger partial charge in [-0.05, 0) is 48.0 Å². The molecule has 0 saturated heterocycles. The molecule has 0 N–H and O–H groups in total. The lowest BCUT2D eigenvalue weighted by atomic mass is 10.1. The molecular weight excluding hydrogens is 376 g/mol. The topological polar surface area (TPSA) is 52.6 Å². The first-order valence-corrected chi connectivity index (χ1v) is 8.88. The smallest absolute Gasteiger partial charge is 0.343 e. The number of allylic oxidation sites excluding steroid dienone is 1. The third-order valence-electron chi connectivity index (χ3n) is 3.96. The number of esters is 1. The van der Waals surface area contributed by atoms with Crippen molar-refractivity contribution in [3.63, 3.8) is 0 Å². The summed E-state index contributed by atoms with van der Waals surface area (Å²) in [6.45, 7) is 0. The molecule has 28 heavy (non-hydrogen) atoms. The zero-order valence-electron chi connectivity index (χ0n) is 15.1. The van der Waals surface area contributed by atoms with Crippen molar-refractivity contribution in [1.82, 2.24) is 0 Å². The highest BCUT2D eigenvalue weighted by atomic mass is 35.5. The van der Waals surface area contributed by atoms with Crippen molar-refractivity contribution in [2.45, 2.75) is 0 Å². The van der Waals surface area contributed by atoms with E-state index in [1.54, 1.807) is 60.7 Å². The van der Waals surface area contributed by atoms with Crippen molar-refractivity contribution in [1.29, 1.82) is 0 Å². The molecule has 0 aromatic heterocycles. The molecule has 0 fully saturated rings. The Morgan fingerprint density at radius 1 is 0.857 bits per heavy atom. The van der Waals surface area contributed by atoms with E-state index >= 15 is 0 Å². The van der Waals surface area contributed by atoms with Gasteiger partial charge in [-0.1, -0.05) is 54.1 Å². The normalized spacial score (nSPS) is 10.6. The molecule has 0 spiro atoms. The van der Waals surface area contributed by atoms with Crippen LogP contribution in [0.25, 0.3) is 6.08 Å². The Morgan fingerprint density at radius 3 is 2.25 bits per heavy atom. The lowest BCUT2D eigenvalue weighted by Crippen LogP contribution is -2.09. The van der Waals surface area contributed by atoms with Gasteiger partial charge < -0.3 is 9.47 Å². The second-order valence-corrected chi connectivity index (χ2v) is 6.31. The maximum absolute atomic E-state index is 12.3. The minimum Gasteiger partial charge on any atom is -0.493 e. The Hall–Kier alpha value is -3.37. The number of methoxy groups -OCH3 is 1. The molecule has 0 radical (unpaired) electrons. The molecule has 3 aromatic carbocycles. The summed E-state index contributed by atoms with van der Waals surface area (Å²) in [4.78, 5) is 24.4. The number of rotatable bonds is 6. The second-order valence-electron chi connectivity index (χ2n) is 5.87. The Balaban J connectivity index is 1.75. The average Bonchev–Trinajstić information content (AvgIpc) is 2.73. The quantitative estimate of drug-likeness (QED) is 0.242. The van der Waals surface area contributed by atoms with Crippen LogP contribution >= 0.6 is 11.6 Å².